The molecule has 0 radical (unpaired) electrons. The zero-order valence-corrected chi connectivity index (χ0v) is 11.7. The minimum Gasteiger partial charge on any atom is -0.493 e. The first-order valence-electron chi connectivity index (χ1n) is 6.01. The fourth-order valence-corrected chi connectivity index (χ4v) is 1.91. The lowest BCUT2D eigenvalue weighted by Gasteiger charge is -2.20. The molecule has 0 spiro atoms. The summed E-state index contributed by atoms with van der Waals surface area (Å²) in [4.78, 5) is 10.8. The molecule has 0 aliphatic carbocycles. The monoisotopic (exact) mass is 270 g/mol. The highest BCUT2D eigenvalue weighted by Gasteiger charge is 2.18. The van der Waals surface area contributed by atoms with Gasteiger partial charge in [-0.25, -0.2) is 0 Å². The van der Waals surface area contributed by atoms with Crippen molar-refractivity contribution in [1.82, 2.24) is 0 Å². The van der Waals surface area contributed by atoms with Gasteiger partial charge in [-0.3, -0.25) is 4.79 Å². The fourth-order valence-electron chi connectivity index (χ4n) is 1.68. The lowest BCUT2D eigenvalue weighted by molar-refractivity contribution is -0.138. The SMILES string of the molecule is Cc1cc(Cl)ccc1OCC(CC(=O)O)C(C)C. The number of hydrogen-bond acceptors (Lipinski definition) is 2. The van der Waals surface area contributed by atoms with Gasteiger partial charge >= 0.3 is 5.97 Å². The molecule has 1 aromatic carbocycles. The van der Waals surface area contributed by atoms with E-state index in [0.717, 1.165) is 11.3 Å². The van der Waals surface area contributed by atoms with Gasteiger partial charge in [0.2, 0.25) is 0 Å². The summed E-state index contributed by atoms with van der Waals surface area (Å²) in [6.07, 6.45) is 0.129. The number of carboxylic acid groups (broad SMARTS) is 1. The maximum Gasteiger partial charge on any atom is 0.303 e. The van der Waals surface area contributed by atoms with Gasteiger partial charge in [-0.2, -0.15) is 0 Å². The third-order valence-corrected chi connectivity index (χ3v) is 3.20. The molecule has 1 unspecified atom stereocenters. The van der Waals surface area contributed by atoms with Crippen LogP contribution in [0.25, 0.3) is 0 Å². The molecule has 0 aliphatic rings. The van der Waals surface area contributed by atoms with Crippen molar-refractivity contribution in [3.8, 4) is 5.75 Å². The van der Waals surface area contributed by atoms with Gasteiger partial charge in [0.1, 0.15) is 5.75 Å². The van der Waals surface area contributed by atoms with E-state index in [1.165, 1.54) is 0 Å². The molecular formula is C14H19ClO3. The van der Waals surface area contributed by atoms with E-state index in [0.29, 0.717) is 11.6 Å². The molecule has 100 valence electrons. The van der Waals surface area contributed by atoms with Gasteiger partial charge < -0.3 is 9.84 Å². The Hall–Kier alpha value is -1.22. The number of carboxylic acids is 1. The first-order chi connectivity index (χ1) is 8.40. The standard InChI is InChI=1S/C14H19ClO3/c1-9(2)11(7-14(16)17)8-18-13-5-4-12(15)6-10(13)3/h4-6,9,11H,7-8H2,1-3H3,(H,16,17). The van der Waals surface area contributed by atoms with Crippen LogP contribution in [0.5, 0.6) is 5.75 Å². The van der Waals surface area contributed by atoms with Crippen molar-refractivity contribution in [3.63, 3.8) is 0 Å². The smallest absolute Gasteiger partial charge is 0.303 e. The van der Waals surface area contributed by atoms with E-state index in [1.807, 2.05) is 32.9 Å². The maximum absolute atomic E-state index is 10.8. The predicted octanol–water partition coefficient (Wildman–Crippen LogP) is 3.77. The van der Waals surface area contributed by atoms with E-state index in [9.17, 15) is 4.79 Å². The second-order valence-electron chi connectivity index (χ2n) is 4.82. The van der Waals surface area contributed by atoms with Gasteiger partial charge in [0, 0.05) is 10.9 Å². The quantitative estimate of drug-likeness (QED) is 0.856. The van der Waals surface area contributed by atoms with Gasteiger partial charge in [0.05, 0.1) is 13.0 Å². The van der Waals surface area contributed by atoms with Gasteiger partial charge in [-0.1, -0.05) is 25.4 Å². The van der Waals surface area contributed by atoms with Crippen LogP contribution in [-0.2, 0) is 4.79 Å². The Labute approximate surface area is 113 Å². The topological polar surface area (TPSA) is 46.5 Å². The van der Waals surface area contributed by atoms with Crippen LogP contribution < -0.4 is 4.74 Å². The summed E-state index contributed by atoms with van der Waals surface area (Å²) < 4.78 is 5.69. The normalized spacial score (nSPS) is 12.5. The molecule has 3 nitrogen and oxygen atoms in total. The maximum atomic E-state index is 10.8. The molecule has 0 aliphatic heterocycles. The van der Waals surface area contributed by atoms with Gasteiger partial charge in [0.15, 0.2) is 0 Å². The number of aryl methyl sites for hydroxylation is 1. The van der Waals surface area contributed by atoms with Crippen molar-refractivity contribution < 1.29 is 14.6 Å². The van der Waals surface area contributed by atoms with E-state index >= 15 is 0 Å². The molecule has 0 amide bonds. The number of halogens is 1. The average molecular weight is 271 g/mol. The first kappa shape index (κ1) is 14.8. The molecule has 0 saturated carbocycles. The van der Waals surface area contributed by atoms with E-state index in [4.69, 9.17) is 21.4 Å². The molecule has 0 saturated heterocycles. The highest BCUT2D eigenvalue weighted by molar-refractivity contribution is 6.30. The van der Waals surface area contributed by atoms with Gasteiger partial charge in [0.25, 0.3) is 0 Å². The third kappa shape index (κ3) is 4.57. The minimum atomic E-state index is -0.787. The Morgan fingerprint density at radius 2 is 2.11 bits per heavy atom. The Kier molecular flexibility index (Phi) is 5.48. The van der Waals surface area contributed by atoms with Crippen molar-refractivity contribution in [2.45, 2.75) is 27.2 Å². The van der Waals surface area contributed by atoms with E-state index in [1.54, 1.807) is 6.07 Å². The molecule has 0 fully saturated rings. The Morgan fingerprint density at radius 1 is 1.44 bits per heavy atom. The molecule has 1 rings (SSSR count). The molecular weight excluding hydrogens is 252 g/mol. The van der Waals surface area contributed by atoms with Crippen molar-refractivity contribution in [3.05, 3.63) is 28.8 Å². The summed E-state index contributed by atoms with van der Waals surface area (Å²) in [7, 11) is 0. The predicted molar refractivity (Wildman–Crippen MR) is 72.3 cm³/mol. The number of ether oxygens (including phenoxy) is 1. The van der Waals surface area contributed by atoms with Crippen molar-refractivity contribution >= 4 is 17.6 Å². The van der Waals surface area contributed by atoms with Crippen molar-refractivity contribution in [1.29, 1.82) is 0 Å². The molecule has 1 atom stereocenters. The van der Waals surface area contributed by atoms with Crippen LogP contribution in [0.3, 0.4) is 0 Å². The van der Waals surface area contributed by atoms with Crippen LogP contribution in [0.4, 0.5) is 0 Å². The zero-order chi connectivity index (χ0) is 13.7. The largest absolute Gasteiger partial charge is 0.493 e. The molecule has 1 N–H and O–H groups in total. The lowest BCUT2D eigenvalue weighted by Crippen LogP contribution is -2.21. The number of rotatable bonds is 6. The van der Waals surface area contributed by atoms with E-state index in [-0.39, 0.29) is 18.3 Å². The molecule has 0 heterocycles. The Balaban J connectivity index is 2.64. The summed E-state index contributed by atoms with van der Waals surface area (Å²) in [5, 5.41) is 9.52. The highest BCUT2D eigenvalue weighted by atomic mass is 35.5. The summed E-state index contributed by atoms with van der Waals surface area (Å²) in [6.45, 7) is 6.34. The average Bonchev–Trinajstić information content (AvgIpc) is 2.25. The zero-order valence-electron chi connectivity index (χ0n) is 10.9. The van der Waals surface area contributed by atoms with E-state index < -0.39 is 5.97 Å². The molecule has 18 heavy (non-hydrogen) atoms. The summed E-state index contributed by atoms with van der Waals surface area (Å²) >= 11 is 5.87. The number of carbonyl (C=O) groups is 1. The summed E-state index contributed by atoms with van der Waals surface area (Å²) in [5.74, 6) is 0.256. The van der Waals surface area contributed by atoms with Crippen molar-refractivity contribution in [2.75, 3.05) is 6.61 Å². The number of aliphatic carboxylic acids is 1. The molecule has 0 aromatic heterocycles. The van der Waals surface area contributed by atoms with Crippen LogP contribution in [0.15, 0.2) is 18.2 Å². The summed E-state index contributed by atoms with van der Waals surface area (Å²) in [6, 6.07) is 5.42. The fraction of sp³-hybridized carbons (Fsp3) is 0.500. The Bertz CT molecular complexity index is 416. The second kappa shape index (κ2) is 6.64. The second-order valence-corrected chi connectivity index (χ2v) is 5.26. The lowest BCUT2D eigenvalue weighted by atomic mass is 9.93. The van der Waals surface area contributed by atoms with Crippen LogP contribution in [-0.4, -0.2) is 17.7 Å². The minimum absolute atomic E-state index is 0.0116. The first-order valence-corrected chi connectivity index (χ1v) is 6.38. The van der Waals surface area contributed by atoms with Crippen molar-refractivity contribution in [2.24, 2.45) is 11.8 Å². The van der Waals surface area contributed by atoms with Crippen LogP contribution >= 0.6 is 11.6 Å². The number of hydrogen-bond donors (Lipinski definition) is 1. The third-order valence-electron chi connectivity index (χ3n) is 2.97. The van der Waals surface area contributed by atoms with Crippen LogP contribution in [0, 0.1) is 18.8 Å². The highest BCUT2D eigenvalue weighted by Crippen LogP contribution is 2.24. The molecule has 1 aromatic rings. The van der Waals surface area contributed by atoms with Crippen LogP contribution in [0.2, 0.25) is 5.02 Å². The van der Waals surface area contributed by atoms with E-state index in [2.05, 4.69) is 0 Å². The molecule has 4 heteroatoms. The molecule has 0 bridgehead atoms. The Morgan fingerprint density at radius 3 is 2.61 bits per heavy atom. The van der Waals surface area contributed by atoms with Crippen LogP contribution in [0.1, 0.15) is 25.8 Å². The van der Waals surface area contributed by atoms with Gasteiger partial charge in [-0.05, 0) is 36.6 Å². The number of benzene rings is 1. The van der Waals surface area contributed by atoms with Gasteiger partial charge in [-0.15, -0.1) is 0 Å². The summed E-state index contributed by atoms with van der Waals surface area (Å²) in [5.41, 5.74) is 0.959.